The summed E-state index contributed by atoms with van der Waals surface area (Å²) in [5.41, 5.74) is 6.30. The Balaban J connectivity index is 2.07. The number of H-pyrrole nitrogens is 1. The highest BCUT2D eigenvalue weighted by molar-refractivity contribution is 5.94. The zero-order valence-corrected chi connectivity index (χ0v) is 13.7. The average molecular weight is 342 g/mol. The zero-order valence-electron chi connectivity index (χ0n) is 13.7. The maximum absolute atomic E-state index is 12.3. The van der Waals surface area contributed by atoms with Gasteiger partial charge in [-0.1, -0.05) is 18.7 Å². The molecule has 2 heterocycles. The van der Waals surface area contributed by atoms with Gasteiger partial charge in [-0.05, 0) is 17.7 Å². The number of nitrogens with two attached hydrogens (primary N) is 1. The molecule has 1 aliphatic rings. The van der Waals surface area contributed by atoms with Crippen molar-refractivity contribution in [1.29, 1.82) is 0 Å². The molecule has 0 radical (unpaired) electrons. The predicted molar refractivity (Wildman–Crippen MR) is 93.0 cm³/mol. The van der Waals surface area contributed by atoms with Crippen LogP contribution >= 0.6 is 0 Å². The van der Waals surface area contributed by atoms with Crippen LogP contribution < -0.4 is 26.1 Å². The fraction of sp³-hybridized carbons (Fsp3) is 0.235. The van der Waals surface area contributed by atoms with E-state index in [1.807, 2.05) is 0 Å². The normalized spacial score (nSPS) is 15.9. The van der Waals surface area contributed by atoms with Crippen molar-refractivity contribution in [3.05, 3.63) is 52.3 Å². The van der Waals surface area contributed by atoms with Gasteiger partial charge >= 0.3 is 0 Å². The Bertz CT molecular complexity index is 891. The van der Waals surface area contributed by atoms with Gasteiger partial charge in [-0.2, -0.15) is 4.98 Å². The molecule has 0 unspecified atom stereocenters. The SMILES string of the molecule is C=CCOc1ccc([C@H]2CC(=O)Nc3nc(N)[nH]c(=O)c32)cc1OC. The maximum Gasteiger partial charge on any atom is 0.258 e. The van der Waals surface area contributed by atoms with Gasteiger partial charge in [-0.25, -0.2) is 0 Å². The number of amides is 1. The lowest BCUT2D eigenvalue weighted by atomic mass is 9.86. The van der Waals surface area contributed by atoms with E-state index in [2.05, 4.69) is 21.9 Å². The van der Waals surface area contributed by atoms with E-state index < -0.39 is 5.92 Å². The largest absolute Gasteiger partial charge is 0.493 e. The number of nitrogen functional groups attached to an aromatic ring is 1. The third-order valence-corrected chi connectivity index (χ3v) is 3.92. The average Bonchev–Trinajstić information content (AvgIpc) is 2.58. The first-order valence-electron chi connectivity index (χ1n) is 7.64. The van der Waals surface area contributed by atoms with Crippen LogP contribution in [0.1, 0.15) is 23.5 Å². The highest BCUT2D eigenvalue weighted by Gasteiger charge is 2.31. The second-order valence-corrected chi connectivity index (χ2v) is 5.53. The topological polar surface area (TPSA) is 119 Å². The number of hydrogen-bond acceptors (Lipinski definition) is 6. The fourth-order valence-corrected chi connectivity index (χ4v) is 2.84. The molecule has 0 aliphatic carbocycles. The maximum atomic E-state index is 12.3. The molecule has 25 heavy (non-hydrogen) atoms. The molecular formula is C17H18N4O4. The summed E-state index contributed by atoms with van der Waals surface area (Å²) in [5.74, 6) is 0.510. The van der Waals surface area contributed by atoms with E-state index in [-0.39, 0.29) is 29.7 Å². The molecule has 0 bridgehead atoms. The molecule has 0 saturated heterocycles. The quantitative estimate of drug-likeness (QED) is 0.707. The first kappa shape index (κ1) is 16.6. The molecule has 130 valence electrons. The number of fused-ring (bicyclic) bond motifs is 1. The number of rotatable bonds is 5. The van der Waals surface area contributed by atoms with Gasteiger partial charge in [0.25, 0.3) is 5.56 Å². The first-order chi connectivity index (χ1) is 12.0. The lowest BCUT2D eigenvalue weighted by molar-refractivity contribution is -0.116. The number of hydrogen-bond donors (Lipinski definition) is 3. The minimum absolute atomic E-state index is 0.0459. The van der Waals surface area contributed by atoms with Crippen molar-refractivity contribution in [2.75, 3.05) is 24.8 Å². The van der Waals surface area contributed by atoms with Crippen LogP contribution in [-0.4, -0.2) is 29.6 Å². The van der Waals surface area contributed by atoms with Crippen molar-refractivity contribution in [1.82, 2.24) is 9.97 Å². The summed E-state index contributed by atoms with van der Waals surface area (Å²) in [6.45, 7) is 3.95. The summed E-state index contributed by atoms with van der Waals surface area (Å²) in [6, 6.07) is 5.29. The van der Waals surface area contributed by atoms with E-state index in [0.29, 0.717) is 23.7 Å². The number of aromatic nitrogens is 2. The Kier molecular flexibility index (Phi) is 4.42. The highest BCUT2D eigenvalue weighted by atomic mass is 16.5. The van der Waals surface area contributed by atoms with Crippen LogP contribution in [0.3, 0.4) is 0 Å². The monoisotopic (exact) mass is 342 g/mol. The summed E-state index contributed by atoms with van der Waals surface area (Å²) in [6.07, 6.45) is 1.75. The Morgan fingerprint density at radius 1 is 1.40 bits per heavy atom. The molecule has 0 fully saturated rings. The zero-order chi connectivity index (χ0) is 18.0. The van der Waals surface area contributed by atoms with Crippen LogP contribution in [0.15, 0.2) is 35.6 Å². The number of nitrogens with zero attached hydrogens (tertiary/aromatic N) is 1. The van der Waals surface area contributed by atoms with Crippen molar-refractivity contribution in [2.45, 2.75) is 12.3 Å². The number of anilines is 2. The number of methoxy groups -OCH3 is 1. The Hall–Kier alpha value is -3.29. The minimum atomic E-state index is -0.456. The van der Waals surface area contributed by atoms with Crippen molar-refractivity contribution in [2.24, 2.45) is 0 Å². The van der Waals surface area contributed by atoms with Crippen molar-refractivity contribution >= 4 is 17.7 Å². The molecule has 8 heteroatoms. The minimum Gasteiger partial charge on any atom is -0.493 e. The van der Waals surface area contributed by atoms with Gasteiger partial charge in [0.1, 0.15) is 12.4 Å². The van der Waals surface area contributed by atoms with Gasteiger partial charge in [-0.3, -0.25) is 14.6 Å². The molecule has 1 aliphatic heterocycles. The van der Waals surface area contributed by atoms with Crippen LogP contribution in [-0.2, 0) is 4.79 Å². The van der Waals surface area contributed by atoms with E-state index in [4.69, 9.17) is 15.2 Å². The molecule has 0 saturated carbocycles. The smallest absolute Gasteiger partial charge is 0.258 e. The molecule has 3 rings (SSSR count). The molecule has 1 amide bonds. The number of nitrogens with one attached hydrogen (secondary N) is 2. The standard InChI is InChI=1S/C17H18N4O4/c1-3-6-25-11-5-4-9(7-12(11)24-2)10-8-13(22)19-15-14(10)16(23)21-17(18)20-15/h3-5,7,10H,1,6,8H2,2H3,(H4,18,19,20,21,22,23)/t10-/m1/s1. The number of ether oxygens (including phenoxy) is 2. The molecule has 8 nitrogen and oxygen atoms in total. The number of carbonyl (C=O) groups is 1. The van der Waals surface area contributed by atoms with E-state index in [9.17, 15) is 9.59 Å². The van der Waals surface area contributed by atoms with Gasteiger partial charge in [-0.15, -0.1) is 0 Å². The van der Waals surface area contributed by atoms with E-state index >= 15 is 0 Å². The van der Waals surface area contributed by atoms with Gasteiger partial charge in [0, 0.05) is 12.3 Å². The van der Waals surface area contributed by atoms with Crippen LogP contribution in [0.4, 0.5) is 11.8 Å². The summed E-state index contributed by atoms with van der Waals surface area (Å²) in [7, 11) is 1.52. The number of aromatic amines is 1. The van der Waals surface area contributed by atoms with E-state index in [1.54, 1.807) is 24.3 Å². The van der Waals surface area contributed by atoms with Crippen molar-refractivity contribution in [3.63, 3.8) is 0 Å². The van der Waals surface area contributed by atoms with Crippen LogP contribution in [0.25, 0.3) is 0 Å². The van der Waals surface area contributed by atoms with Gasteiger partial charge < -0.3 is 20.5 Å². The molecule has 2 aromatic rings. The second-order valence-electron chi connectivity index (χ2n) is 5.53. The molecule has 1 atom stereocenters. The molecule has 1 aromatic carbocycles. The third kappa shape index (κ3) is 3.18. The third-order valence-electron chi connectivity index (χ3n) is 3.92. The van der Waals surface area contributed by atoms with E-state index in [1.165, 1.54) is 7.11 Å². The van der Waals surface area contributed by atoms with Gasteiger partial charge in [0.15, 0.2) is 11.5 Å². The number of benzene rings is 1. The Morgan fingerprint density at radius 2 is 2.20 bits per heavy atom. The Morgan fingerprint density at radius 3 is 2.92 bits per heavy atom. The summed E-state index contributed by atoms with van der Waals surface area (Å²) in [4.78, 5) is 30.9. The first-order valence-corrected chi connectivity index (χ1v) is 7.64. The molecular weight excluding hydrogens is 324 g/mol. The Labute approximate surface area is 143 Å². The van der Waals surface area contributed by atoms with Crippen molar-refractivity contribution < 1.29 is 14.3 Å². The van der Waals surface area contributed by atoms with Crippen molar-refractivity contribution in [3.8, 4) is 11.5 Å². The van der Waals surface area contributed by atoms with Crippen LogP contribution in [0.2, 0.25) is 0 Å². The molecule has 4 N–H and O–H groups in total. The van der Waals surface area contributed by atoms with Gasteiger partial charge in [0.05, 0.1) is 12.7 Å². The lowest BCUT2D eigenvalue weighted by Crippen LogP contribution is -2.31. The summed E-state index contributed by atoms with van der Waals surface area (Å²) >= 11 is 0. The van der Waals surface area contributed by atoms with Gasteiger partial charge in [0.2, 0.25) is 11.9 Å². The molecule has 1 aromatic heterocycles. The summed E-state index contributed by atoms with van der Waals surface area (Å²) in [5, 5.41) is 2.59. The lowest BCUT2D eigenvalue weighted by Gasteiger charge is -2.24. The molecule has 0 spiro atoms. The summed E-state index contributed by atoms with van der Waals surface area (Å²) < 4.78 is 10.9. The van der Waals surface area contributed by atoms with E-state index in [0.717, 1.165) is 5.56 Å². The number of carbonyl (C=O) groups excluding carboxylic acids is 1. The second kappa shape index (κ2) is 6.68. The van der Waals surface area contributed by atoms with Crippen LogP contribution in [0.5, 0.6) is 11.5 Å². The fourth-order valence-electron chi connectivity index (χ4n) is 2.84. The predicted octanol–water partition coefficient (Wildman–Crippen LogP) is 1.40. The highest BCUT2D eigenvalue weighted by Crippen LogP contribution is 2.38. The van der Waals surface area contributed by atoms with Crippen LogP contribution in [0, 0.1) is 0 Å².